The van der Waals surface area contributed by atoms with Gasteiger partial charge in [-0.3, -0.25) is 4.79 Å². The van der Waals surface area contributed by atoms with Gasteiger partial charge >= 0.3 is 5.97 Å². The number of carbonyl (C=O) groups is 1. The molecule has 2 heteroatoms. The molecule has 0 radical (unpaired) electrons. The van der Waals surface area contributed by atoms with Crippen LogP contribution in [0.4, 0.5) is 0 Å². The minimum Gasteiger partial charge on any atom is -0.461 e. The van der Waals surface area contributed by atoms with Gasteiger partial charge in [0.15, 0.2) is 0 Å². The molecule has 0 fully saturated rings. The molecule has 0 aliphatic carbocycles. The Morgan fingerprint density at radius 3 is 2.12 bits per heavy atom. The highest BCUT2D eigenvalue weighted by Gasteiger charge is 2.03. The van der Waals surface area contributed by atoms with E-state index in [2.05, 4.69) is 39.8 Å². The molecular formula is C23H32O2. The van der Waals surface area contributed by atoms with Gasteiger partial charge in [0.2, 0.25) is 0 Å². The molecule has 136 valence electrons. The fourth-order valence-electron chi connectivity index (χ4n) is 2.43. The van der Waals surface area contributed by atoms with Crippen molar-refractivity contribution in [2.45, 2.75) is 59.8 Å². The van der Waals surface area contributed by atoms with Gasteiger partial charge in [-0.05, 0) is 65.0 Å². The van der Waals surface area contributed by atoms with Gasteiger partial charge in [-0.2, -0.15) is 0 Å². The van der Waals surface area contributed by atoms with Crippen LogP contribution in [0.1, 0.15) is 58.9 Å². The van der Waals surface area contributed by atoms with Crippen LogP contribution >= 0.6 is 0 Å². The van der Waals surface area contributed by atoms with Crippen LogP contribution < -0.4 is 0 Å². The molecule has 25 heavy (non-hydrogen) atoms. The first-order valence-electron chi connectivity index (χ1n) is 9.11. The summed E-state index contributed by atoms with van der Waals surface area (Å²) in [6.07, 6.45) is 11.2. The molecule has 2 nitrogen and oxygen atoms in total. The lowest BCUT2D eigenvalue weighted by atomic mass is 10.1. The van der Waals surface area contributed by atoms with E-state index in [1.165, 1.54) is 16.7 Å². The van der Waals surface area contributed by atoms with Crippen molar-refractivity contribution < 1.29 is 9.53 Å². The molecule has 1 aromatic rings. The van der Waals surface area contributed by atoms with Crippen LogP contribution in [0.15, 0.2) is 65.3 Å². The largest absolute Gasteiger partial charge is 0.461 e. The number of hydrogen-bond acceptors (Lipinski definition) is 2. The summed E-state index contributed by atoms with van der Waals surface area (Å²) in [7, 11) is 0. The standard InChI is InChI=1S/C23H32O2/c1-19(2)10-8-11-20(3)12-9-13-21(4)16-17-25-23(24)18-22-14-6-5-7-15-22/h5-7,10,12,14-16H,8-9,11,13,17-18H2,1-4H3/b20-12+,21-16+. The Kier molecular flexibility index (Phi) is 10.3. The fourth-order valence-corrected chi connectivity index (χ4v) is 2.43. The highest BCUT2D eigenvalue weighted by atomic mass is 16.5. The number of benzene rings is 1. The van der Waals surface area contributed by atoms with Crippen molar-refractivity contribution in [3.63, 3.8) is 0 Å². The maximum atomic E-state index is 11.8. The predicted molar refractivity (Wildman–Crippen MR) is 107 cm³/mol. The van der Waals surface area contributed by atoms with Crippen LogP contribution in [0.2, 0.25) is 0 Å². The molecule has 0 heterocycles. The van der Waals surface area contributed by atoms with Crippen LogP contribution in [0, 0.1) is 0 Å². The lowest BCUT2D eigenvalue weighted by molar-refractivity contribution is -0.141. The van der Waals surface area contributed by atoms with Crippen LogP contribution in [0.5, 0.6) is 0 Å². The van der Waals surface area contributed by atoms with Gasteiger partial charge in [0.1, 0.15) is 6.61 Å². The Morgan fingerprint density at radius 2 is 1.48 bits per heavy atom. The van der Waals surface area contributed by atoms with Crippen molar-refractivity contribution in [3.8, 4) is 0 Å². The van der Waals surface area contributed by atoms with Gasteiger partial charge in [0.25, 0.3) is 0 Å². The third-order valence-corrected chi connectivity index (χ3v) is 3.99. The zero-order valence-corrected chi connectivity index (χ0v) is 16.2. The summed E-state index contributed by atoms with van der Waals surface area (Å²) in [5.74, 6) is -0.176. The van der Waals surface area contributed by atoms with E-state index < -0.39 is 0 Å². The molecule has 0 aliphatic rings. The summed E-state index contributed by atoms with van der Waals surface area (Å²) >= 11 is 0. The fraction of sp³-hybridized carbons (Fsp3) is 0.435. The molecule has 0 spiro atoms. The van der Waals surface area contributed by atoms with Crippen molar-refractivity contribution in [2.75, 3.05) is 6.61 Å². The van der Waals surface area contributed by atoms with E-state index in [0.29, 0.717) is 13.0 Å². The van der Waals surface area contributed by atoms with Gasteiger partial charge in [-0.15, -0.1) is 0 Å². The quantitative estimate of drug-likeness (QED) is 0.375. The number of esters is 1. The van der Waals surface area contributed by atoms with Crippen LogP contribution in [0.3, 0.4) is 0 Å². The number of rotatable bonds is 10. The Bertz CT molecular complexity index is 602. The molecule has 1 aromatic carbocycles. The molecule has 0 amide bonds. The Labute approximate surface area is 153 Å². The second kappa shape index (κ2) is 12.3. The first kappa shape index (κ1) is 21.0. The summed E-state index contributed by atoms with van der Waals surface area (Å²) in [4.78, 5) is 11.8. The highest BCUT2D eigenvalue weighted by molar-refractivity contribution is 5.72. The van der Waals surface area contributed by atoms with Gasteiger partial charge < -0.3 is 4.74 Å². The lowest BCUT2D eigenvalue weighted by Gasteiger charge is -2.04. The number of allylic oxidation sites excluding steroid dienone is 5. The maximum Gasteiger partial charge on any atom is 0.310 e. The molecule has 0 saturated carbocycles. The van der Waals surface area contributed by atoms with Crippen LogP contribution in [-0.2, 0) is 16.0 Å². The van der Waals surface area contributed by atoms with Gasteiger partial charge in [0, 0.05) is 0 Å². The van der Waals surface area contributed by atoms with E-state index >= 15 is 0 Å². The minimum atomic E-state index is -0.176. The molecule has 0 bridgehead atoms. The Balaban J connectivity index is 2.22. The Morgan fingerprint density at radius 1 is 0.880 bits per heavy atom. The summed E-state index contributed by atoms with van der Waals surface area (Å²) in [5.41, 5.74) is 5.08. The minimum absolute atomic E-state index is 0.176. The number of ether oxygens (including phenoxy) is 1. The molecule has 0 unspecified atom stereocenters. The normalized spacial score (nSPS) is 12.0. The molecule has 0 aromatic heterocycles. The monoisotopic (exact) mass is 340 g/mol. The summed E-state index contributed by atoms with van der Waals surface area (Å²) in [6.45, 7) is 8.93. The number of carbonyl (C=O) groups excluding carboxylic acids is 1. The SMILES string of the molecule is CC(C)=CCC/C(C)=C/CC/C(C)=C/COC(=O)Cc1ccccc1. The van der Waals surface area contributed by atoms with Crippen molar-refractivity contribution in [1.82, 2.24) is 0 Å². The maximum absolute atomic E-state index is 11.8. The van der Waals surface area contributed by atoms with E-state index in [4.69, 9.17) is 4.74 Å². The third kappa shape index (κ3) is 11.1. The molecule has 0 saturated heterocycles. The Hall–Kier alpha value is -2.09. The summed E-state index contributed by atoms with van der Waals surface area (Å²) < 4.78 is 5.28. The van der Waals surface area contributed by atoms with E-state index in [-0.39, 0.29) is 5.97 Å². The van der Waals surface area contributed by atoms with E-state index in [1.54, 1.807) is 0 Å². The van der Waals surface area contributed by atoms with E-state index in [0.717, 1.165) is 31.2 Å². The smallest absolute Gasteiger partial charge is 0.310 e. The van der Waals surface area contributed by atoms with Crippen LogP contribution in [-0.4, -0.2) is 12.6 Å². The van der Waals surface area contributed by atoms with Crippen molar-refractivity contribution in [2.24, 2.45) is 0 Å². The van der Waals surface area contributed by atoms with Crippen molar-refractivity contribution in [1.29, 1.82) is 0 Å². The molecule has 0 atom stereocenters. The van der Waals surface area contributed by atoms with Crippen molar-refractivity contribution in [3.05, 3.63) is 70.8 Å². The highest BCUT2D eigenvalue weighted by Crippen LogP contribution is 2.11. The van der Waals surface area contributed by atoms with E-state index in [9.17, 15) is 4.79 Å². The molecule has 0 N–H and O–H groups in total. The second-order valence-corrected chi connectivity index (χ2v) is 6.81. The van der Waals surface area contributed by atoms with Gasteiger partial charge in [-0.1, -0.05) is 59.2 Å². The second-order valence-electron chi connectivity index (χ2n) is 6.81. The van der Waals surface area contributed by atoms with Crippen molar-refractivity contribution >= 4 is 5.97 Å². The zero-order chi connectivity index (χ0) is 18.5. The number of hydrogen-bond donors (Lipinski definition) is 0. The topological polar surface area (TPSA) is 26.3 Å². The average molecular weight is 341 g/mol. The first-order valence-corrected chi connectivity index (χ1v) is 9.11. The average Bonchev–Trinajstić information content (AvgIpc) is 2.55. The van der Waals surface area contributed by atoms with Crippen LogP contribution in [0.25, 0.3) is 0 Å². The predicted octanol–water partition coefficient (Wildman–Crippen LogP) is 6.19. The summed E-state index contributed by atoms with van der Waals surface area (Å²) in [5, 5.41) is 0. The molecule has 0 aliphatic heterocycles. The molecule has 1 rings (SSSR count). The first-order chi connectivity index (χ1) is 12.0. The summed E-state index contributed by atoms with van der Waals surface area (Å²) in [6, 6.07) is 9.69. The lowest BCUT2D eigenvalue weighted by Crippen LogP contribution is -2.08. The zero-order valence-electron chi connectivity index (χ0n) is 16.2. The third-order valence-electron chi connectivity index (χ3n) is 3.99. The van der Waals surface area contributed by atoms with E-state index in [1.807, 2.05) is 36.4 Å². The van der Waals surface area contributed by atoms with Gasteiger partial charge in [0.05, 0.1) is 6.42 Å². The molecular weight excluding hydrogens is 308 g/mol. The van der Waals surface area contributed by atoms with Gasteiger partial charge in [-0.25, -0.2) is 0 Å².